The summed E-state index contributed by atoms with van der Waals surface area (Å²) >= 11 is 0. The fourth-order valence-electron chi connectivity index (χ4n) is 2.55. The van der Waals surface area contributed by atoms with Gasteiger partial charge in [-0.2, -0.15) is 0 Å². The number of carbonyl (C=O) groups excluding carboxylic acids is 2. The van der Waals surface area contributed by atoms with Crippen molar-refractivity contribution in [2.45, 2.75) is 77.9 Å². The molecule has 0 radical (unpaired) electrons. The highest BCUT2D eigenvalue weighted by atomic mass is 16.5. The number of rotatable bonds is 13. The van der Waals surface area contributed by atoms with E-state index in [1.165, 1.54) is 0 Å². The normalized spacial score (nSPS) is 13.8. The molecule has 0 aromatic heterocycles. The molecule has 0 saturated heterocycles. The number of esters is 1. The SMILES string of the molecule is C=C/C=C(\C=C)COC(=O)CC(NC(C)(C)C)C(=O)C(C)(C)NCCCC. The van der Waals surface area contributed by atoms with Crippen LogP contribution in [0.25, 0.3) is 0 Å². The predicted molar refractivity (Wildman–Crippen MR) is 113 cm³/mol. The Hall–Kier alpha value is -1.72. The van der Waals surface area contributed by atoms with E-state index in [0.29, 0.717) is 0 Å². The summed E-state index contributed by atoms with van der Waals surface area (Å²) in [5.74, 6) is -0.470. The van der Waals surface area contributed by atoms with Crippen LogP contribution in [0.3, 0.4) is 0 Å². The van der Waals surface area contributed by atoms with E-state index in [-0.39, 0.29) is 24.3 Å². The number of carbonyl (C=O) groups is 2. The number of Topliss-reactive ketones (excluding diaryl/α,β-unsaturated/α-hetero) is 1. The number of hydrogen-bond donors (Lipinski definition) is 2. The van der Waals surface area contributed by atoms with Gasteiger partial charge in [-0.05, 0) is 53.2 Å². The van der Waals surface area contributed by atoms with Gasteiger partial charge in [-0.1, -0.05) is 44.7 Å². The molecule has 0 aromatic rings. The van der Waals surface area contributed by atoms with Crippen LogP contribution in [0.4, 0.5) is 0 Å². The van der Waals surface area contributed by atoms with Gasteiger partial charge in [-0.3, -0.25) is 9.59 Å². The second-order valence-corrected chi connectivity index (χ2v) is 8.26. The third-order valence-corrected chi connectivity index (χ3v) is 4.00. The second-order valence-electron chi connectivity index (χ2n) is 8.26. The first kappa shape index (κ1) is 25.3. The molecular weight excluding hydrogens is 340 g/mol. The van der Waals surface area contributed by atoms with Crippen LogP contribution in [0.1, 0.15) is 60.8 Å². The maximum atomic E-state index is 13.1. The lowest BCUT2D eigenvalue weighted by Gasteiger charge is -2.33. The minimum atomic E-state index is -0.729. The molecule has 0 amide bonds. The van der Waals surface area contributed by atoms with Crippen LogP contribution in [-0.2, 0) is 14.3 Å². The Kier molecular flexibility index (Phi) is 11.1. The summed E-state index contributed by atoms with van der Waals surface area (Å²) in [5, 5.41) is 6.57. The summed E-state index contributed by atoms with van der Waals surface area (Å²) in [6, 6.07) is -0.628. The number of hydrogen-bond acceptors (Lipinski definition) is 5. The highest BCUT2D eigenvalue weighted by Gasteiger charge is 2.36. The molecule has 0 rings (SSSR count). The Morgan fingerprint density at radius 3 is 2.26 bits per heavy atom. The minimum Gasteiger partial charge on any atom is -0.461 e. The first-order chi connectivity index (χ1) is 12.5. The van der Waals surface area contributed by atoms with Crippen molar-refractivity contribution in [2.24, 2.45) is 0 Å². The van der Waals surface area contributed by atoms with Crippen molar-refractivity contribution in [1.82, 2.24) is 10.6 Å². The zero-order chi connectivity index (χ0) is 21.1. The molecule has 0 aromatic carbocycles. The van der Waals surface area contributed by atoms with Crippen molar-refractivity contribution in [3.8, 4) is 0 Å². The third kappa shape index (κ3) is 10.9. The number of unbranched alkanes of at least 4 members (excludes halogenated alkanes) is 1. The zero-order valence-corrected chi connectivity index (χ0v) is 18.0. The van der Waals surface area contributed by atoms with E-state index in [2.05, 4.69) is 30.7 Å². The summed E-state index contributed by atoms with van der Waals surface area (Å²) in [6.45, 7) is 19.9. The lowest BCUT2D eigenvalue weighted by atomic mass is 9.90. The van der Waals surface area contributed by atoms with Gasteiger partial charge >= 0.3 is 5.97 Å². The molecule has 0 aliphatic carbocycles. The number of allylic oxidation sites excluding steroid dienone is 2. The van der Waals surface area contributed by atoms with Gasteiger partial charge in [-0.15, -0.1) is 0 Å². The Morgan fingerprint density at radius 1 is 1.15 bits per heavy atom. The Bertz CT molecular complexity index is 542. The second kappa shape index (κ2) is 11.9. The highest BCUT2D eigenvalue weighted by molar-refractivity contribution is 5.95. The van der Waals surface area contributed by atoms with Gasteiger partial charge in [0.05, 0.1) is 18.0 Å². The van der Waals surface area contributed by atoms with Gasteiger partial charge in [0, 0.05) is 5.54 Å². The summed E-state index contributed by atoms with van der Waals surface area (Å²) in [6.07, 6.45) is 6.99. The Balaban J connectivity index is 5.11. The molecule has 0 heterocycles. The van der Waals surface area contributed by atoms with Crippen molar-refractivity contribution in [3.05, 3.63) is 37.0 Å². The highest BCUT2D eigenvalue weighted by Crippen LogP contribution is 2.14. The van der Waals surface area contributed by atoms with E-state index in [4.69, 9.17) is 4.74 Å². The van der Waals surface area contributed by atoms with Gasteiger partial charge in [0.1, 0.15) is 6.61 Å². The molecule has 5 nitrogen and oxygen atoms in total. The summed E-state index contributed by atoms with van der Waals surface area (Å²) in [5.41, 5.74) is -0.283. The average molecular weight is 379 g/mol. The van der Waals surface area contributed by atoms with Crippen LogP contribution in [0.5, 0.6) is 0 Å². The molecule has 2 N–H and O–H groups in total. The van der Waals surface area contributed by atoms with Gasteiger partial charge in [-0.25, -0.2) is 0 Å². The molecular formula is C22H38N2O3. The van der Waals surface area contributed by atoms with Crippen LogP contribution in [0, 0.1) is 0 Å². The van der Waals surface area contributed by atoms with Crippen LogP contribution in [-0.4, -0.2) is 42.0 Å². The predicted octanol–water partition coefficient (Wildman–Crippen LogP) is 3.71. The van der Waals surface area contributed by atoms with E-state index in [1.54, 1.807) is 18.2 Å². The minimum absolute atomic E-state index is 0.0203. The first-order valence-corrected chi connectivity index (χ1v) is 9.63. The molecule has 0 bridgehead atoms. The molecule has 5 heteroatoms. The van der Waals surface area contributed by atoms with Gasteiger partial charge < -0.3 is 15.4 Å². The summed E-state index contributed by atoms with van der Waals surface area (Å²) in [7, 11) is 0. The molecule has 1 atom stereocenters. The molecule has 27 heavy (non-hydrogen) atoms. The number of ketones is 1. The molecule has 0 fully saturated rings. The van der Waals surface area contributed by atoms with E-state index in [0.717, 1.165) is 25.0 Å². The standard InChI is InChI=1S/C22H38N2O3/c1-9-12-14-23-22(7,8)20(26)18(24-21(4,5)6)15-19(25)27-16-17(11-3)13-10-2/h10-11,13,18,23-24H,2-3,9,12,14-16H2,1,4-8H3/b17-13+. The fraction of sp³-hybridized carbons (Fsp3) is 0.636. The largest absolute Gasteiger partial charge is 0.461 e. The van der Waals surface area contributed by atoms with E-state index in [1.807, 2.05) is 34.6 Å². The number of nitrogens with one attached hydrogen (secondary N) is 2. The monoisotopic (exact) mass is 378 g/mol. The molecule has 1 unspecified atom stereocenters. The molecule has 0 aliphatic rings. The zero-order valence-electron chi connectivity index (χ0n) is 18.0. The van der Waals surface area contributed by atoms with Crippen molar-refractivity contribution in [3.63, 3.8) is 0 Å². The average Bonchev–Trinajstić information content (AvgIpc) is 2.56. The van der Waals surface area contributed by atoms with E-state index in [9.17, 15) is 9.59 Å². The van der Waals surface area contributed by atoms with Crippen molar-refractivity contribution in [2.75, 3.05) is 13.2 Å². The van der Waals surface area contributed by atoms with E-state index < -0.39 is 17.6 Å². The summed E-state index contributed by atoms with van der Waals surface area (Å²) < 4.78 is 5.32. The maximum absolute atomic E-state index is 13.1. The Morgan fingerprint density at radius 2 is 1.78 bits per heavy atom. The van der Waals surface area contributed by atoms with Crippen molar-refractivity contribution < 1.29 is 14.3 Å². The van der Waals surface area contributed by atoms with Gasteiger partial charge in [0.25, 0.3) is 0 Å². The van der Waals surface area contributed by atoms with Gasteiger partial charge in [0.2, 0.25) is 0 Å². The van der Waals surface area contributed by atoms with E-state index >= 15 is 0 Å². The fourth-order valence-corrected chi connectivity index (χ4v) is 2.55. The number of ether oxygens (including phenoxy) is 1. The smallest absolute Gasteiger partial charge is 0.308 e. The van der Waals surface area contributed by atoms with Crippen LogP contribution < -0.4 is 10.6 Å². The molecule has 0 aliphatic heterocycles. The summed E-state index contributed by atoms with van der Waals surface area (Å²) in [4.78, 5) is 25.4. The maximum Gasteiger partial charge on any atom is 0.308 e. The van der Waals surface area contributed by atoms with Crippen LogP contribution in [0.15, 0.2) is 37.0 Å². The first-order valence-electron chi connectivity index (χ1n) is 9.63. The molecule has 154 valence electrons. The molecule has 0 saturated carbocycles. The molecule has 0 spiro atoms. The van der Waals surface area contributed by atoms with Crippen LogP contribution >= 0.6 is 0 Å². The topological polar surface area (TPSA) is 67.4 Å². The third-order valence-electron chi connectivity index (χ3n) is 4.00. The van der Waals surface area contributed by atoms with Crippen molar-refractivity contribution >= 4 is 11.8 Å². The Labute approximate surface area is 165 Å². The van der Waals surface area contributed by atoms with Crippen LogP contribution in [0.2, 0.25) is 0 Å². The lowest BCUT2D eigenvalue weighted by molar-refractivity contribution is -0.145. The lowest BCUT2D eigenvalue weighted by Crippen LogP contribution is -2.58. The quantitative estimate of drug-likeness (QED) is 0.290. The van der Waals surface area contributed by atoms with Crippen molar-refractivity contribution in [1.29, 1.82) is 0 Å². The van der Waals surface area contributed by atoms with Gasteiger partial charge in [0.15, 0.2) is 5.78 Å².